The Labute approximate surface area is 100 Å². The molecule has 1 aromatic heterocycles. The van der Waals surface area contributed by atoms with E-state index in [-0.39, 0.29) is 0 Å². The molecule has 0 radical (unpaired) electrons. The quantitative estimate of drug-likeness (QED) is 0.830. The molecule has 1 N–H and O–H groups in total. The topological polar surface area (TPSA) is 12.0 Å². The molecule has 0 spiro atoms. The Balaban J connectivity index is 1.90. The molecule has 16 heavy (non-hydrogen) atoms. The molecule has 1 aliphatic rings. The van der Waals surface area contributed by atoms with Crippen LogP contribution in [0.4, 0.5) is 0 Å². The van der Waals surface area contributed by atoms with Crippen LogP contribution in [0, 0.1) is 0 Å². The summed E-state index contributed by atoms with van der Waals surface area (Å²) in [4.78, 5) is 1.51. The van der Waals surface area contributed by atoms with E-state index in [4.69, 9.17) is 0 Å². The lowest BCUT2D eigenvalue weighted by molar-refractivity contribution is 0.585. The third kappa shape index (κ3) is 1.79. The number of benzene rings is 1. The standard InChI is InChI=1S/C14H15NS/c1-2-5-11(6-3-1)14-12(8-9-15-14)13-7-4-10-16-13/h1-7,10,12,14-15H,8-9H2. The van der Waals surface area contributed by atoms with Gasteiger partial charge in [0.15, 0.2) is 0 Å². The third-order valence-corrected chi connectivity index (χ3v) is 4.29. The first-order valence-corrected chi connectivity index (χ1v) is 6.65. The minimum Gasteiger partial charge on any atom is -0.309 e. The Bertz CT molecular complexity index is 435. The highest BCUT2D eigenvalue weighted by Gasteiger charge is 2.29. The average Bonchev–Trinajstić information content (AvgIpc) is 3.01. The van der Waals surface area contributed by atoms with Gasteiger partial charge in [-0.3, -0.25) is 0 Å². The summed E-state index contributed by atoms with van der Waals surface area (Å²) in [5, 5.41) is 5.79. The van der Waals surface area contributed by atoms with Gasteiger partial charge in [0.25, 0.3) is 0 Å². The van der Waals surface area contributed by atoms with Crippen LogP contribution in [0.1, 0.15) is 28.8 Å². The number of hydrogen-bond donors (Lipinski definition) is 1. The van der Waals surface area contributed by atoms with Crippen LogP contribution in [0.15, 0.2) is 47.8 Å². The molecule has 1 fully saturated rings. The first-order valence-electron chi connectivity index (χ1n) is 5.77. The molecular formula is C14H15NS. The maximum absolute atomic E-state index is 3.62. The lowest BCUT2D eigenvalue weighted by atomic mass is 9.93. The zero-order valence-corrected chi connectivity index (χ0v) is 9.91. The second-order valence-electron chi connectivity index (χ2n) is 4.25. The first kappa shape index (κ1) is 10.1. The van der Waals surface area contributed by atoms with Crippen LogP contribution in [0.3, 0.4) is 0 Å². The smallest absolute Gasteiger partial charge is 0.0397 e. The molecule has 82 valence electrons. The zero-order chi connectivity index (χ0) is 10.8. The summed E-state index contributed by atoms with van der Waals surface area (Å²) in [5.41, 5.74) is 1.42. The van der Waals surface area contributed by atoms with Gasteiger partial charge in [-0.25, -0.2) is 0 Å². The number of hydrogen-bond acceptors (Lipinski definition) is 2. The van der Waals surface area contributed by atoms with E-state index in [9.17, 15) is 0 Å². The van der Waals surface area contributed by atoms with Crippen LogP contribution in [0.2, 0.25) is 0 Å². The van der Waals surface area contributed by atoms with Gasteiger partial charge in [0.1, 0.15) is 0 Å². The van der Waals surface area contributed by atoms with E-state index in [2.05, 4.69) is 53.2 Å². The number of thiophene rings is 1. The molecule has 0 amide bonds. The van der Waals surface area contributed by atoms with Crippen LogP contribution < -0.4 is 5.32 Å². The van der Waals surface area contributed by atoms with Crippen LogP contribution >= 0.6 is 11.3 Å². The fourth-order valence-corrected chi connectivity index (χ4v) is 3.42. The van der Waals surface area contributed by atoms with Crippen molar-refractivity contribution in [3.05, 3.63) is 58.3 Å². The van der Waals surface area contributed by atoms with Gasteiger partial charge in [-0.15, -0.1) is 11.3 Å². The van der Waals surface area contributed by atoms with Crippen molar-refractivity contribution in [3.63, 3.8) is 0 Å². The van der Waals surface area contributed by atoms with Crippen molar-refractivity contribution in [2.75, 3.05) is 6.54 Å². The van der Waals surface area contributed by atoms with E-state index in [0.29, 0.717) is 12.0 Å². The Kier molecular flexibility index (Phi) is 2.77. The van der Waals surface area contributed by atoms with Crippen molar-refractivity contribution in [2.24, 2.45) is 0 Å². The fourth-order valence-electron chi connectivity index (χ4n) is 2.52. The van der Waals surface area contributed by atoms with E-state index in [1.165, 1.54) is 16.9 Å². The van der Waals surface area contributed by atoms with Crippen molar-refractivity contribution < 1.29 is 0 Å². The van der Waals surface area contributed by atoms with Crippen LogP contribution in [0.25, 0.3) is 0 Å². The fraction of sp³-hybridized carbons (Fsp3) is 0.286. The third-order valence-electron chi connectivity index (χ3n) is 3.29. The highest BCUT2D eigenvalue weighted by molar-refractivity contribution is 7.10. The molecule has 2 aromatic rings. The predicted molar refractivity (Wildman–Crippen MR) is 68.9 cm³/mol. The SMILES string of the molecule is c1ccc(C2NCCC2c2cccs2)cc1. The Morgan fingerprint density at radius 2 is 1.94 bits per heavy atom. The van der Waals surface area contributed by atoms with E-state index in [0.717, 1.165) is 6.54 Å². The monoisotopic (exact) mass is 229 g/mol. The lowest BCUT2D eigenvalue weighted by Crippen LogP contribution is -2.16. The van der Waals surface area contributed by atoms with Gasteiger partial charge in [0.2, 0.25) is 0 Å². The normalized spacial score (nSPS) is 24.8. The predicted octanol–water partition coefficient (Wildman–Crippen LogP) is 3.57. The van der Waals surface area contributed by atoms with Gasteiger partial charge in [0, 0.05) is 16.8 Å². The van der Waals surface area contributed by atoms with Gasteiger partial charge in [0.05, 0.1) is 0 Å². The van der Waals surface area contributed by atoms with Crippen LogP contribution in [0.5, 0.6) is 0 Å². The molecule has 1 aromatic carbocycles. The Morgan fingerprint density at radius 3 is 2.69 bits per heavy atom. The summed E-state index contributed by atoms with van der Waals surface area (Å²) in [6.45, 7) is 1.13. The summed E-state index contributed by atoms with van der Waals surface area (Å²) in [6.07, 6.45) is 1.25. The van der Waals surface area contributed by atoms with E-state index in [1.54, 1.807) is 0 Å². The molecule has 2 heteroatoms. The van der Waals surface area contributed by atoms with Crippen molar-refractivity contribution in [2.45, 2.75) is 18.4 Å². The van der Waals surface area contributed by atoms with Gasteiger partial charge in [-0.2, -0.15) is 0 Å². The zero-order valence-electron chi connectivity index (χ0n) is 9.10. The molecule has 1 aliphatic heterocycles. The Hall–Kier alpha value is -1.12. The van der Waals surface area contributed by atoms with Gasteiger partial charge in [-0.1, -0.05) is 36.4 Å². The molecule has 2 atom stereocenters. The van der Waals surface area contributed by atoms with E-state index in [1.807, 2.05) is 11.3 Å². The molecule has 1 saturated heterocycles. The first-order chi connectivity index (χ1) is 7.95. The average molecular weight is 229 g/mol. The second kappa shape index (κ2) is 4.40. The van der Waals surface area contributed by atoms with Gasteiger partial charge in [-0.05, 0) is 30.0 Å². The number of rotatable bonds is 2. The lowest BCUT2D eigenvalue weighted by Gasteiger charge is -2.18. The van der Waals surface area contributed by atoms with Crippen molar-refractivity contribution in [3.8, 4) is 0 Å². The maximum Gasteiger partial charge on any atom is 0.0397 e. The van der Waals surface area contributed by atoms with Gasteiger partial charge >= 0.3 is 0 Å². The van der Waals surface area contributed by atoms with E-state index >= 15 is 0 Å². The largest absolute Gasteiger partial charge is 0.309 e. The summed E-state index contributed by atoms with van der Waals surface area (Å²) >= 11 is 1.88. The molecule has 0 bridgehead atoms. The van der Waals surface area contributed by atoms with Crippen molar-refractivity contribution >= 4 is 11.3 Å². The molecule has 2 unspecified atom stereocenters. The molecule has 2 heterocycles. The Morgan fingerprint density at radius 1 is 1.06 bits per heavy atom. The molecule has 3 rings (SSSR count). The minimum atomic E-state index is 0.500. The van der Waals surface area contributed by atoms with E-state index < -0.39 is 0 Å². The molecular weight excluding hydrogens is 214 g/mol. The summed E-state index contributed by atoms with van der Waals surface area (Å²) in [5.74, 6) is 0.655. The summed E-state index contributed by atoms with van der Waals surface area (Å²) < 4.78 is 0. The summed E-state index contributed by atoms with van der Waals surface area (Å²) in [6, 6.07) is 15.7. The minimum absolute atomic E-state index is 0.500. The van der Waals surface area contributed by atoms with Crippen LogP contribution in [-0.2, 0) is 0 Å². The van der Waals surface area contributed by atoms with Gasteiger partial charge < -0.3 is 5.32 Å². The molecule has 0 aliphatic carbocycles. The summed E-state index contributed by atoms with van der Waals surface area (Å²) in [7, 11) is 0. The van der Waals surface area contributed by atoms with Crippen molar-refractivity contribution in [1.29, 1.82) is 0 Å². The highest BCUT2D eigenvalue weighted by atomic mass is 32.1. The highest BCUT2D eigenvalue weighted by Crippen LogP contribution is 2.39. The molecule has 0 saturated carbocycles. The number of nitrogens with one attached hydrogen (secondary N) is 1. The van der Waals surface area contributed by atoms with Crippen LogP contribution in [-0.4, -0.2) is 6.54 Å². The molecule has 1 nitrogen and oxygen atoms in total. The maximum atomic E-state index is 3.62. The van der Waals surface area contributed by atoms with Crippen molar-refractivity contribution in [1.82, 2.24) is 5.32 Å². The second-order valence-corrected chi connectivity index (χ2v) is 5.23.